The molecule has 0 aromatic heterocycles. The first-order valence-corrected chi connectivity index (χ1v) is 5.22. The topological polar surface area (TPSA) is 81.7 Å². The summed E-state index contributed by atoms with van der Waals surface area (Å²) in [5, 5.41) is 2.30. The number of methoxy groups -OCH3 is 1. The van der Waals surface area contributed by atoms with Crippen molar-refractivity contribution in [2.45, 2.75) is 45.8 Å². The summed E-state index contributed by atoms with van der Waals surface area (Å²) in [6.07, 6.45) is -0.875. The average molecular weight is 247 g/mol. The standard InChI is InChI=1S/C11H19NO5.H2/c1-7(13)6-8(9(14)16-5)12-10(15)17-11(2,3)4;/h8H,6H2,1-5H3,(H,12,15);1H/t8-;/m0./s1. The van der Waals surface area contributed by atoms with Crippen LogP contribution in [0.2, 0.25) is 0 Å². The van der Waals surface area contributed by atoms with Gasteiger partial charge >= 0.3 is 12.1 Å². The molecule has 0 spiro atoms. The van der Waals surface area contributed by atoms with Gasteiger partial charge in [0.15, 0.2) is 0 Å². The Morgan fingerprint density at radius 2 is 1.82 bits per heavy atom. The maximum atomic E-state index is 11.4. The quantitative estimate of drug-likeness (QED) is 0.757. The Morgan fingerprint density at radius 1 is 1.29 bits per heavy atom. The molecule has 0 heterocycles. The van der Waals surface area contributed by atoms with Crippen molar-refractivity contribution in [2.24, 2.45) is 0 Å². The lowest BCUT2D eigenvalue weighted by atomic mass is 10.1. The first-order valence-electron chi connectivity index (χ1n) is 5.22. The van der Waals surface area contributed by atoms with Crippen molar-refractivity contribution in [3.05, 3.63) is 0 Å². The molecule has 0 aliphatic heterocycles. The van der Waals surface area contributed by atoms with Crippen LogP contribution in [0, 0.1) is 0 Å². The summed E-state index contributed by atoms with van der Waals surface area (Å²) in [5.41, 5.74) is -0.666. The van der Waals surface area contributed by atoms with Crippen molar-refractivity contribution in [1.29, 1.82) is 0 Å². The maximum Gasteiger partial charge on any atom is 0.408 e. The van der Waals surface area contributed by atoms with Gasteiger partial charge in [-0.25, -0.2) is 9.59 Å². The minimum atomic E-state index is -1.01. The van der Waals surface area contributed by atoms with Crippen molar-refractivity contribution >= 4 is 17.8 Å². The Hall–Kier alpha value is -1.59. The fraction of sp³-hybridized carbons (Fsp3) is 0.727. The molecule has 0 radical (unpaired) electrons. The van der Waals surface area contributed by atoms with Gasteiger partial charge in [-0.1, -0.05) is 0 Å². The van der Waals surface area contributed by atoms with Gasteiger partial charge in [-0.05, 0) is 27.7 Å². The van der Waals surface area contributed by atoms with Crippen LogP contribution in [0.4, 0.5) is 4.79 Å². The summed E-state index contributed by atoms with van der Waals surface area (Å²) in [6, 6.07) is -1.01. The van der Waals surface area contributed by atoms with Crippen LogP contribution in [0.1, 0.15) is 35.5 Å². The third-order valence-electron chi connectivity index (χ3n) is 1.67. The van der Waals surface area contributed by atoms with Crippen molar-refractivity contribution in [3.63, 3.8) is 0 Å². The molecule has 1 amide bonds. The van der Waals surface area contributed by atoms with E-state index in [-0.39, 0.29) is 13.6 Å². The Balaban J connectivity index is 0. The number of rotatable bonds is 4. The smallest absolute Gasteiger partial charge is 0.408 e. The first-order chi connectivity index (χ1) is 7.65. The van der Waals surface area contributed by atoms with E-state index in [9.17, 15) is 14.4 Å². The van der Waals surface area contributed by atoms with E-state index in [1.54, 1.807) is 20.8 Å². The number of hydrogen-bond acceptors (Lipinski definition) is 5. The molecule has 0 aromatic carbocycles. The summed E-state index contributed by atoms with van der Waals surface area (Å²) in [4.78, 5) is 33.7. The van der Waals surface area contributed by atoms with Crippen molar-refractivity contribution < 1.29 is 25.3 Å². The first kappa shape index (κ1) is 15.4. The predicted octanol–water partition coefficient (Wildman–Crippen LogP) is 1.28. The highest BCUT2D eigenvalue weighted by Crippen LogP contribution is 2.07. The predicted molar refractivity (Wildman–Crippen MR) is 62.6 cm³/mol. The number of nitrogens with one attached hydrogen (secondary N) is 1. The minimum Gasteiger partial charge on any atom is -0.467 e. The van der Waals surface area contributed by atoms with Crippen LogP contribution in [-0.4, -0.2) is 36.6 Å². The molecule has 0 rings (SSSR count). The lowest BCUT2D eigenvalue weighted by molar-refractivity contribution is -0.144. The molecule has 6 nitrogen and oxygen atoms in total. The van der Waals surface area contributed by atoms with Gasteiger partial charge < -0.3 is 14.8 Å². The maximum absolute atomic E-state index is 11.4. The molecule has 1 N–H and O–H groups in total. The summed E-state index contributed by atoms with van der Waals surface area (Å²) in [5.74, 6) is -0.900. The number of alkyl carbamates (subject to hydrolysis) is 1. The Bertz CT molecular complexity index is 311. The van der Waals surface area contributed by atoms with Crippen molar-refractivity contribution in [2.75, 3.05) is 7.11 Å². The van der Waals surface area contributed by atoms with E-state index < -0.39 is 23.7 Å². The SMILES string of the molecule is COC(=O)[C@H](CC(C)=O)NC(=O)OC(C)(C)C.[HH]. The minimum absolute atomic E-state index is 0. The second-order valence-corrected chi connectivity index (χ2v) is 4.63. The lowest BCUT2D eigenvalue weighted by Crippen LogP contribution is -2.44. The molecular weight excluding hydrogens is 226 g/mol. The number of hydrogen-bond donors (Lipinski definition) is 1. The number of carbonyl (C=O) groups excluding carboxylic acids is 3. The molecule has 0 saturated carbocycles. The molecule has 0 aromatic rings. The summed E-state index contributed by atoms with van der Waals surface area (Å²) >= 11 is 0. The van der Waals surface area contributed by atoms with E-state index in [4.69, 9.17) is 4.74 Å². The van der Waals surface area contributed by atoms with Crippen LogP contribution in [0.15, 0.2) is 0 Å². The van der Waals surface area contributed by atoms with Gasteiger partial charge in [0.05, 0.1) is 7.11 Å². The van der Waals surface area contributed by atoms with Gasteiger partial charge in [0.25, 0.3) is 0 Å². The second-order valence-electron chi connectivity index (χ2n) is 4.63. The molecule has 0 saturated heterocycles. The fourth-order valence-electron chi connectivity index (χ4n) is 1.07. The molecule has 0 unspecified atom stereocenters. The Kier molecular flexibility index (Phi) is 5.64. The average Bonchev–Trinajstić information content (AvgIpc) is 2.11. The van der Waals surface area contributed by atoms with Gasteiger partial charge in [0, 0.05) is 7.85 Å². The summed E-state index contributed by atoms with van der Waals surface area (Å²) in [7, 11) is 1.19. The lowest BCUT2D eigenvalue weighted by Gasteiger charge is -2.22. The van der Waals surface area contributed by atoms with Crippen LogP contribution in [0.5, 0.6) is 0 Å². The van der Waals surface area contributed by atoms with Crippen LogP contribution in [-0.2, 0) is 19.1 Å². The molecular formula is C11H21NO5. The van der Waals surface area contributed by atoms with Crippen LogP contribution in [0.3, 0.4) is 0 Å². The van der Waals surface area contributed by atoms with E-state index >= 15 is 0 Å². The van der Waals surface area contributed by atoms with E-state index in [1.165, 1.54) is 14.0 Å². The number of ketones is 1. The number of ether oxygens (including phenoxy) is 2. The highest BCUT2D eigenvalue weighted by molar-refractivity contribution is 5.87. The van der Waals surface area contributed by atoms with E-state index in [1.807, 2.05) is 0 Å². The van der Waals surface area contributed by atoms with Crippen LogP contribution in [0.25, 0.3) is 0 Å². The molecule has 6 heteroatoms. The Morgan fingerprint density at radius 3 is 2.18 bits per heavy atom. The van der Waals surface area contributed by atoms with Gasteiger partial charge in [0.1, 0.15) is 17.4 Å². The molecule has 0 aliphatic rings. The summed E-state index contributed by atoms with van der Waals surface area (Å²) in [6.45, 7) is 6.42. The molecule has 17 heavy (non-hydrogen) atoms. The van der Waals surface area contributed by atoms with Gasteiger partial charge in [-0.3, -0.25) is 4.79 Å². The van der Waals surface area contributed by atoms with Crippen molar-refractivity contribution in [1.82, 2.24) is 5.32 Å². The van der Waals surface area contributed by atoms with Gasteiger partial charge in [-0.15, -0.1) is 0 Å². The number of esters is 1. The second kappa shape index (κ2) is 6.22. The van der Waals surface area contributed by atoms with E-state index in [2.05, 4.69) is 10.1 Å². The Labute approximate surface area is 102 Å². The number of amides is 1. The molecule has 0 fully saturated rings. The highest BCUT2D eigenvalue weighted by atomic mass is 16.6. The zero-order chi connectivity index (χ0) is 13.6. The van der Waals surface area contributed by atoms with Gasteiger partial charge in [0.2, 0.25) is 0 Å². The zero-order valence-electron chi connectivity index (χ0n) is 10.8. The third-order valence-corrected chi connectivity index (χ3v) is 1.67. The zero-order valence-corrected chi connectivity index (χ0v) is 10.8. The number of carbonyl (C=O) groups is 3. The highest BCUT2D eigenvalue weighted by Gasteiger charge is 2.25. The monoisotopic (exact) mass is 247 g/mol. The normalized spacial score (nSPS) is 12.5. The molecule has 100 valence electrons. The van der Waals surface area contributed by atoms with E-state index in [0.29, 0.717) is 0 Å². The van der Waals surface area contributed by atoms with Crippen LogP contribution >= 0.6 is 0 Å². The molecule has 0 bridgehead atoms. The van der Waals surface area contributed by atoms with Crippen molar-refractivity contribution in [3.8, 4) is 0 Å². The third kappa shape index (κ3) is 7.32. The summed E-state index contributed by atoms with van der Waals surface area (Å²) < 4.78 is 9.46. The largest absolute Gasteiger partial charge is 0.467 e. The molecule has 0 aliphatic carbocycles. The molecule has 1 atom stereocenters. The number of Topliss-reactive ketones (excluding diaryl/α,β-unsaturated/α-hetero) is 1. The van der Waals surface area contributed by atoms with Gasteiger partial charge in [-0.2, -0.15) is 0 Å². The van der Waals surface area contributed by atoms with Crippen LogP contribution < -0.4 is 5.32 Å². The fourth-order valence-corrected chi connectivity index (χ4v) is 1.07. The van der Waals surface area contributed by atoms with E-state index in [0.717, 1.165) is 0 Å².